The van der Waals surface area contributed by atoms with Crippen molar-refractivity contribution in [1.29, 1.82) is 0 Å². The Morgan fingerprint density at radius 3 is 3.07 bits per heavy atom. The minimum absolute atomic E-state index is 0.0454. The number of hydrogen-bond acceptors (Lipinski definition) is 2. The number of carboxylic acids is 1. The van der Waals surface area contributed by atoms with E-state index in [2.05, 4.69) is 0 Å². The molecule has 0 aromatic heterocycles. The predicted octanol–water partition coefficient (Wildman–Crippen LogP) is 2.51. The topological polar surface area (TPSA) is 46.5 Å². The Labute approximate surface area is 92.6 Å². The summed E-state index contributed by atoms with van der Waals surface area (Å²) in [5.41, 5.74) is 0.995. The summed E-state index contributed by atoms with van der Waals surface area (Å²) in [6.45, 7) is 0. The molecule has 0 saturated heterocycles. The van der Waals surface area contributed by atoms with E-state index >= 15 is 0 Å². The van der Waals surface area contributed by atoms with Gasteiger partial charge >= 0.3 is 5.97 Å². The molecule has 4 heteroatoms. The fourth-order valence-corrected chi connectivity index (χ4v) is 1.98. The first-order valence-corrected chi connectivity index (χ1v) is 5.20. The smallest absolute Gasteiger partial charge is 0.303 e. The molecule has 1 aliphatic heterocycles. The van der Waals surface area contributed by atoms with Crippen LogP contribution in [0.25, 0.3) is 0 Å². The zero-order valence-electron chi connectivity index (χ0n) is 8.07. The van der Waals surface area contributed by atoms with Crippen molar-refractivity contribution < 1.29 is 14.6 Å². The van der Waals surface area contributed by atoms with Crippen molar-refractivity contribution in [3.63, 3.8) is 0 Å². The van der Waals surface area contributed by atoms with Gasteiger partial charge in [0.2, 0.25) is 0 Å². The number of carboxylic acid groups (broad SMARTS) is 1. The highest BCUT2D eigenvalue weighted by Crippen LogP contribution is 2.35. The number of benzene rings is 1. The Hall–Kier alpha value is -1.22. The molecule has 1 N–H and O–H groups in total. The summed E-state index contributed by atoms with van der Waals surface area (Å²) in [5.74, 6) is -0.00135. The lowest BCUT2D eigenvalue weighted by Crippen LogP contribution is -2.14. The number of halogens is 1. The third kappa shape index (κ3) is 2.23. The predicted molar refractivity (Wildman–Crippen MR) is 56.4 cm³/mol. The fourth-order valence-electron chi connectivity index (χ4n) is 1.74. The molecule has 0 saturated carbocycles. The molecule has 1 aromatic carbocycles. The first kappa shape index (κ1) is 10.3. The maximum absolute atomic E-state index is 10.4. The van der Waals surface area contributed by atoms with Gasteiger partial charge in [0.1, 0.15) is 11.9 Å². The van der Waals surface area contributed by atoms with Crippen LogP contribution in [0.4, 0.5) is 0 Å². The third-order valence-electron chi connectivity index (χ3n) is 2.48. The zero-order valence-corrected chi connectivity index (χ0v) is 8.83. The molecule has 0 amide bonds. The number of rotatable bonds is 3. The molecule has 3 nitrogen and oxygen atoms in total. The van der Waals surface area contributed by atoms with Gasteiger partial charge in [-0.25, -0.2) is 0 Å². The molecule has 0 radical (unpaired) electrons. The standard InChI is InChI=1S/C11H11ClO3/c12-9-2-1-3-10-8(9)6-7(15-10)4-5-11(13)14/h1-3,7H,4-6H2,(H,13,14). The van der Waals surface area contributed by atoms with Crippen molar-refractivity contribution in [2.24, 2.45) is 0 Å². The summed E-state index contributed by atoms with van der Waals surface area (Å²) in [6, 6.07) is 5.52. The minimum atomic E-state index is -0.791. The van der Waals surface area contributed by atoms with E-state index < -0.39 is 5.97 Å². The van der Waals surface area contributed by atoms with Crippen LogP contribution in [0.3, 0.4) is 0 Å². The van der Waals surface area contributed by atoms with Crippen LogP contribution in [0.15, 0.2) is 18.2 Å². The molecule has 0 spiro atoms. The Morgan fingerprint density at radius 2 is 2.40 bits per heavy atom. The molecule has 15 heavy (non-hydrogen) atoms. The summed E-state index contributed by atoms with van der Waals surface area (Å²) < 4.78 is 5.59. The van der Waals surface area contributed by atoms with Crippen LogP contribution >= 0.6 is 11.6 Å². The van der Waals surface area contributed by atoms with Crippen LogP contribution in [0.5, 0.6) is 5.75 Å². The normalized spacial score (nSPS) is 18.3. The van der Waals surface area contributed by atoms with E-state index in [4.69, 9.17) is 21.4 Å². The number of ether oxygens (including phenoxy) is 1. The first-order valence-electron chi connectivity index (χ1n) is 4.82. The zero-order chi connectivity index (χ0) is 10.8. The summed E-state index contributed by atoms with van der Waals surface area (Å²) >= 11 is 6.00. The van der Waals surface area contributed by atoms with E-state index in [9.17, 15) is 4.79 Å². The highest BCUT2D eigenvalue weighted by atomic mass is 35.5. The fraction of sp³-hybridized carbons (Fsp3) is 0.364. The van der Waals surface area contributed by atoms with Crippen molar-refractivity contribution in [3.8, 4) is 5.75 Å². The first-order chi connectivity index (χ1) is 7.16. The molecule has 1 aromatic rings. The molecular formula is C11H11ClO3. The van der Waals surface area contributed by atoms with Crippen molar-refractivity contribution in [3.05, 3.63) is 28.8 Å². The molecule has 0 aliphatic carbocycles. The second-order valence-corrected chi connectivity index (χ2v) is 4.00. The van der Waals surface area contributed by atoms with E-state index in [1.165, 1.54) is 0 Å². The van der Waals surface area contributed by atoms with E-state index in [0.29, 0.717) is 17.9 Å². The summed E-state index contributed by atoms with van der Waals surface area (Å²) in [5, 5.41) is 9.26. The lowest BCUT2D eigenvalue weighted by molar-refractivity contribution is -0.137. The minimum Gasteiger partial charge on any atom is -0.490 e. The molecule has 1 unspecified atom stereocenters. The highest BCUT2D eigenvalue weighted by Gasteiger charge is 2.24. The Balaban J connectivity index is 2.03. The molecule has 2 rings (SSSR count). The van der Waals surface area contributed by atoms with E-state index in [0.717, 1.165) is 11.3 Å². The van der Waals surface area contributed by atoms with Crippen molar-refractivity contribution in [1.82, 2.24) is 0 Å². The summed E-state index contributed by atoms with van der Waals surface area (Å²) in [6.07, 6.45) is 1.33. The quantitative estimate of drug-likeness (QED) is 0.862. The third-order valence-corrected chi connectivity index (χ3v) is 2.84. The van der Waals surface area contributed by atoms with Gasteiger partial charge in [-0.15, -0.1) is 0 Å². The van der Waals surface area contributed by atoms with Gasteiger partial charge in [0.25, 0.3) is 0 Å². The van der Waals surface area contributed by atoms with Crippen molar-refractivity contribution >= 4 is 17.6 Å². The van der Waals surface area contributed by atoms with Gasteiger partial charge in [0.05, 0.1) is 0 Å². The number of aliphatic carboxylic acids is 1. The second kappa shape index (κ2) is 4.11. The molecule has 1 aliphatic rings. The van der Waals surface area contributed by atoms with E-state index in [-0.39, 0.29) is 12.5 Å². The molecule has 0 bridgehead atoms. The highest BCUT2D eigenvalue weighted by molar-refractivity contribution is 6.31. The summed E-state index contributed by atoms with van der Waals surface area (Å²) in [7, 11) is 0. The average molecular weight is 227 g/mol. The molecule has 0 fully saturated rings. The molecule has 1 heterocycles. The van der Waals surface area contributed by atoms with Crippen LogP contribution in [0, 0.1) is 0 Å². The van der Waals surface area contributed by atoms with Gasteiger partial charge in [0, 0.05) is 23.4 Å². The van der Waals surface area contributed by atoms with Gasteiger partial charge in [-0.1, -0.05) is 17.7 Å². The van der Waals surface area contributed by atoms with Crippen molar-refractivity contribution in [2.45, 2.75) is 25.4 Å². The lowest BCUT2D eigenvalue weighted by Gasteiger charge is -2.07. The monoisotopic (exact) mass is 226 g/mol. The van der Waals surface area contributed by atoms with Crippen LogP contribution in [0.2, 0.25) is 5.02 Å². The Morgan fingerprint density at radius 1 is 1.60 bits per heavy atom. The van der Waals surface area contributed by atoms with Gasteiger partial charge in [-0.3, -0.25) is 4.79 Å². The second-order valence-electron chi connectivity index (χ2n) is 3.59. The van der Waals surface area contributed by atoms with Gasteiger partial charge in [-0.2, -0.15) is 0 Å². The number of carbonyl (C=O) groups is 1. The SMILES string of the molecule is O=C(O)CCC1Cc2c(Cl)cccc2O1. The maximum Gasteiger partial charge on any atom is 0.303 e. The Bertz CT molecular complexity index is 389. The lowest BCUT2D eigenvalue weighted by atomic mass is 10.1. The largest absolute Gasteiger partial charge is 0.490 e. The van der Waals surface area contributed by atoms with Gasteiger partial charge in [-0.05, 0) is 18.6 Å². The molecular weight excluding hydrogens is 216 g/mol. The molecule has 1 atom stereocenters. The van der Waals surface area contributed by atoms with Gasteiger partial charge < -0.3 is 9.84 Å². The van der Waals surface area contributed by atoms with E-state index in [1.54, 1.807) is 0 Å². The molecule has 80 valence electrons. The van der Waals surface area contributed by atoms with E-state index in [1.807, 2.05) is 18.2 Å². The number of hydrogen-bond donors (Lipinski definition) is 1. The Kier molecular flexibility index (Phi) is 2.82. The average Bonchev–Trinajstić information content (AvgIpc) is 2.59. The van der Waals surface area contributed by atoms with Crippen LogP contribution in [-0.4, -0.2) is 17.2 Å². The van der Waals surface area contributed by atoms with Crippen LogP contribution < -0.4 is 4.74 Å². The maximum atomic E-state index is 10.4. The van der Waals surface area contributed by atoms with Crippen LogP contribution in [0.1, 0.15) is 18.4 Å². The summed E-state index contributed by atoms with van der Waals surface area (Å²) in [4.78, 5) is 10.4. The van der Waals surface area contributed by atoms with Gasteiger partial charge in [0.15, 0.2) is 0 Å². The van der Waals surface area contributed by atoms with Crippen molar-refractivity contribution in [2.75, 3.05) is 0 Å². The number of fused-ring (bicyclic) bond motifs is 1. The van der Waals surface area contributed by atoms with Crippen LogP contribution in [-0.2, 0) is 11.2 Å².